The Labute approximate surface area is 105 Å². The third kappa shape index (κ3) is 1.55. The lowest BCUT2D eigenvalue weighted by molar-refractivity contribution is 0.569. The molecule has 5 heteroatoms. The fourth-order valence-corrected chi connectivity index (χ4v) is 3.91. The number of halogens is 1. The van der Waals surface area contributed by atoms with Crippen LogP contribution in [0.5, 0.6) is 0 Å². The number of rotatable bonds is 0. The van der Waals surface area contributed by atoms with Crippen molar-refractivity contribution in [1.29, 1.82) is 0 Å². The zero-order valence-electron chi connectivity index (χ0n) is 9.14. The quantitative estimate of drug-likeness (QED) is 0.735. The van der Waals surface area contributed by atoms with Gasteiger partial charge in [0.2, 0.25) is 0 Å². The lowest BCUT2D eigenvalue weighted by atomic mass is 10.1. The molecule has 3 nitrogen and oxygen atoms in total. The van der Waals surface area contributed by atoms with Crippen molar-refractivity contribution in [2.24, 2.45) is 0 Å². The highest BCUT2D eigenvalue weighted by atomic mass is 35.5. The molecule has 0 aliphatic carbocycles. The number of hydrogen-bond acceptors (Lipinski definition) is 2. The van der Waals surface area contributed by atoms with E-state index in [4.69, 9.17) is 11.6 Å². The van der Waals surface area contributed by atoms with Crippen molar-refractivity contribution >= 4 is 33.2 Å². The van der Waals surface area contributed by atoms with Crippen LogP contribution in [0.25, 0.3) is 10.8 Å². The zero-order chi connectivity index (χ0) is 12.2. The maximum atomic E-state index is 12.3. The molecule has 0 N–H and O–H groups in total. The van der Waals surface area contributed by atoms with Crippen LogP contribution in [-0.2, 0) is 10.8 Å². The van der Waals surface area contributed by atoms with E-state index in [0.717, 1.165) is 5.39 Å². The zero-order valence-corrected chi connectivity index (χ0v) is 10.7. The van der Waals surface area contributed by atoms with E-state index < -0.39 is 10.8 Å². The summed E-state index contributed by atoms with van der Waals surface area (Å²) in [5, 5.41) is 2.55. The molecule has 2 heterocycles. The molecule has 2 unspecified atom stereocenters. The summed E-state index contributed by atoms with van der Waals surface area (Å²) < 4.78 is 13.5. The Morgan fingerprint density at radius 2 is 2.18 bits per heavy atom. The summed E-state index contributed by atoms with van der Waals surface area (Å²) in [6, 6.07) is 7.01. The van der Waals surface area contributed by atoms with Gasteiger partial charge < -0.3 is 0 Å². The van der Waals surface area contributed by atoms with E-state index in [9.17, 15) is 9.00 Å². The molecule has 0 amide bonds. The Morgan fingerprint density at radius 3 is 2.94 bits per heavy atom. The molecule has 2 aromatic rings. The van der Waals surface area contributed by atoms with Gasteiger partial charge in [0.1, 0.15) is 5.03 Å². The molecule has 1 aromatic heterocycles. The summed E-state index contributed by atoms with van der Waals surface area (Å²) in [5.41, 5.74) is -0.0987. The van der Waals surface area contributed by atoms with Crippen molar-refractivity contribution in [3.8, 4) is 0 Å². The van der Waals surface area contributed by atoms with E-state index in [-0.39, 0.29) is 11.6 Å². The van der Waals surface area contributed by atoms with Gasteiger partial charge in [-0.1, -0.05) is 17.7 Å². The van der Waals surface area contributed by atoms with Crippen molar-refractivity contribution in [3.05, 3.63) is 39.6 Å². The van der Waals surface area contributed by atoms with Crippen LogP contribution in [0.15, 0.2) is 34.1 Å². The van der Waals surface area contributed by atoms with Crippen molar-refractivity contribution in [3.63, 3.8) is 0 Å². The van der Waals surface area contributed by atoms with Crippen LogP contribution in [0.2, 0.25) is 5.02 Å². The molecule has 0 radical (unpaired) electrons. The minimum Gasteiger partial charge on any atom is -0.297 e. The number of pyridine rings is 1. The van der Waals surface area contributed by atoms with Gasteiger partial charge in [-0.25, -0.2) is 0 Å². The Kier molecular flexibility index (Phi) is 2.38. The second-order valence-corrected chi connectivity index (χ2v) is 6.13. The van der Waals surface area contributed by atoms with Gasteiger partial charge in [0, 0.05) is 16.5 Å². The summed E-state index contributed by atoms with van der Waals surface area (Å²) in [7, 11) is -1.07. The van der Waals surface area contributed by atoms with Crippen LogP contribution in [0.3, 0.4) is 0 Å². The van der Waals surface area contributed by atoms with Gasteiger partial charge in [-0.05, 0) is 30.5 Å². The summed E-state index contributed by atoms with van der Waals surface area (Å²) in [6.07, 6.45) is 0. The molecule has 0 saturated heterocycles. The number of nitrogens with zero attached hydrogens (tertiary/aromatic N) is 1. The third-order valence-electron chi connectivity index (χ3n) is 3.05. The first-order valence-corrected chi connectivity index (χ1v) is 7.01. The Hall–Kier alpha value is -1.13. The van der Waals surface area contributed by atoms with Crippen LogP contribution in [0, 0.1) is 0 Å². The van der Waals surface area contributed by atoms with Gasteiger partial charge in [-0.2, -0.15) is 0 Å². The third-order valence-corrected chi connectivity index (χ3v) is 4.85. The lowest BCUT2D eigenvalue weighted by Gasteiger charge is -2.08. The topological polar surface area (TPSA) is 39.1 Å². The maximum absolute atomic E-state index is 12.3. The highest BCUT2D eigenvalue weighted by Gasteiger charge is 2.26. The smallest absolute Gasteiger partial charge is 0.259 e. The summed E-state index contributed by atoms with van der Waals surface area (Å²) in [4.78, 5) is 12.3. The molecular formula is C12H10ClNO2S. The van der Waals surface area contributed by atoms with E-state index in [1.807, 2.05) is 13.0 Å². The monoisotopic (exact) mass is 267 g/mol. The fourth-order valence-electron chi connectivity index (χ4n) is 2.24. The van der Waals surface area contributed by atoms with Crippen molar-refractivity contribution in [2.45, 2.75) is 18.0 Å². The van der Waals surface area contributed by atoms with E-state index in [0.29, 0.717) is 21.2 Å². The van der Waals surface area contributed by atoms with Crippen molar-refractivity contribution < 1.29 is 4.21 Å². The first kappa shape index (κ1) is 11.0. The second kappa shape index (κ2) is 3.68. The fraction of sp³-hybridized carbons (Fsp3) is 0.250. The number of aromatic nitrogens is 1. The molecular weight excluding hydrogens is 258 g/mol. The van der Waals surface area contributed by atoms with Crippen LogP contribution in [-0.4, -0.2) is 14.5 Å². The molecule has 1 aliphatic heterocycles. The van der Waals surface area contributed by atoms with Gasteiger partial charge in [-0.15, -0.1) is 0 Å². The maximum Gasteiger partial charge on any atom is 0.259 e. The van der Waals surface area contributed by atoms with Crippen molar-refractivity contribution in [1.82, 2.24) is 4.57 Å². The highest BCUT2D eigenvalue weighted by Crippen LogP contribution is 2.26. The van der Waals surface area contributed by atoms with Gasteiger partial charge in [-0.3, -0.25) is 13.6 Å². The first-order chi connectivity index (χ1) is 8.08. The Bertz CT molecular complexity index is 707. The average molecular weight is 268 g/mol. The Morgan fingerprint density at radius 1 is 1.41 bits per heavy atom. The van der Waals surface area contributed by atoms with E-state index in [1.165, 1.54) is 0 Å². The average Bonchev–Trinajstić information content (AvgIpc) is 2.56. The normalized spacial score (nSPS) is 22.9. The lowest BCUT2D eigenvalue weighted by Crippen LogP contribution is -2.21. The van der Waals surface area contributed by atoms with Gasteiger partial charge in [0.05, 0.1) is 16.6 Å². The van der Waals surface area contributed by atoms with Gasteiger partial charge >= 0.3 is 0 Å². The molecule has 0 bridgehead atoms. The summed E-state index contributed by atoms with van der Waals surface area (Å²) in [6.45, 7) is 1.91. The SMILES string of the molecule is CC1CS(=O)c2cc3ccc(Cl)cc3c(=O)n21. The molecule has 3 rings (SSSR count). The highest BCUT2D eigenvalue weighted by molar-refractivity contribution is 7.85. The Balaban J connectivity index is 2.48. The minimum atomic E-state index is -1.07. The molecule has 0 saturated carbocycles. The molecule has 1 aliphatic rings. The number of fused-ring (bicyclic) bond motifs is 2. The van der Waals surface area contributed by atoms with E-state index in [2.05, 4.69) is 0 Å². The first-order valence-electron chi connectivity index (χ1n) is 5.31. The van der Waals surface area contributed by atoms with Crippen LogP contribution in [0.1, 0.15) is 13.0 Å². The molecule has 17 heavy (non-hydrogen) atoms. The van der Waals surface area contributed by atoms with E-state index in [1.54, 1.807) is 22.8 Å². The standard InChI is InChI=1S/C12H10ClNO2S/c1-7-6-17(16)11-4-8-2-3-9(13)5-10(8)12(15)14(7)11/h2-5,7H,6H2,1H3. The predicted octanol–water partition coefficient (Wildman–Crippen LogP) is 2.34. The molecule has 88 valence electrons. The summed E-state index contributed by atoms with van der Waals surface area (Å²) in [5.74, 6) is 0.513. The minimum absolute atomic E-state index is 0.0123. The van der Waals surface area contributed by atoms with Gasteiger partial charge in [0.15, 0.2) is 0 Å². The van der Waals surface area contributed by atoms with Crippen LogP contribution < -0.4 is 5.56 Å². The van der Waals surface area contributed by atoms with Crippen LogP contribution >= 0.6 is 11.6 Å². The van der Waals surface area contributed by atoms with Crippen LogP contribution in [0.4, 0.5) is 0 Å². The molecule has 2 atom stereocenters. The molecule has 0 spiro atoms. The van der Waals surface area contributed by atoms with E-state index >= 15 is 0 Å². The van der Waals surface area contributed by atoms with Crippen molar-refractivity contribution in [2.75, 3.05) is 5.75 Å². The number of benzene rings is 1. The predicted molar refractivity (Wildman–Crippen MR) is 69.2 cm³/mol. The largest absolute Gasteiger partial charge is 0.297 e. The summed E-state index contributed by atoms with van der Waals surface area (Å²) >= 11 is 5.90. The number of hydrogen-bond donors (Lipinski definition) is 0. The second-order valence-electron chi connectivity index (χ2n) is 4.25. The molecule has 0 fully saturated rings. The van der Waals surface area contributed by atoms with Gasteiger partial charge in [0.25, 0.3) is 5.56 Å². The molecule has 1 aromatic carbocycles.